The maximum Gasteiger partial charge on any atom is 0.186 e. The molecule has 0 saturated carbocycles. The maximum atomic E-state index is 5.22. The molecule has 8 N–H and O–H groups in total. The first kappa shape index (κ1) is 15.0. The molecule has 0 unspecified atom stereocenters. The van der Waals surface area contributed by atoms with E-state index in [1.807, 2.05) is 18.2 Å². The van der Waals surface area contributed by atoms with E-state index in [1.165, 1.54) is 0 Å². The number of nitrogens with two attached hydrogens (primary N) is 4. The summed E-state index contributed by atoms with van der Waals surface area (Å²) in [6, 6.07) is 5.50. The number of guanidine groups is 2. The van der Waals surface area contributed by atoms with Gasteiger partial charge in [-0.25, -0.2) is 9.98 Å². The molecule has 1 rings (SSSR count). The predicted molar refractivity (Wildman–Crippen MR) is 70.5 cm³/mol. The molecule has 0 bridgehead atoms. The summed E-state index contributed by atoms with van der Waals surface area (Å²) in [6.07, 6.45) is 0. The lowest BCUT2D eigenvalue weighted by Gasteiger charge is -2.00. The molecule has 0 aliphatic heterocycles. The van der Waals surface area contributed by atoms with E-state index < -0.39 is 0 Å². The van der Waals surface area contributed by atoms with Gasteiger partial charge in [-0.1, -0.05) is 6.07 Å². The van der Waals surface area contributed by atoms with E-state index in [9.17, 15) is 0 Å². The van der Waals surface area contributed by atoms with Gasteiger partial charge in [0.05, 0.1) is 24.5 Å². The van der Waals surface area contributed by atoms with Crippen LogP contribution in [0.3, 0.4) is 0 Å². The Bertz CT molecular complexity index is 372. The monoisotopic (exact) mass is 257 g/mol. The summed E-state index contributed by atoms with van der Waals surface area (Å²) < 4.78 is 0. The standard InChI is InChI=1S/C9H15N7.ClH/c10-8(11)14-4-6-2-1-3-7(16-6)5-15-9(12)13;/h1-3H,4-5H2,(H4,10,11,14)(H4,12,13,15);1H. The van der Waals surface area contributed by atoms with Crippen molar-refractivity contribution in [2.75, 3.05) is 0 Å². The first-order valence-corrected chi connectivity index (χ1v) is 4.63. The van der Waals surface area contributed by atoms with Crippen LogP contribution in [0.2, 0.25) is 0 Å². The van der Waals surface area contributed by atoms with E-state index in [0.717, 1.165) is 11.4 Å². The molecule has 94 valence electrons. The van der Waals surface area contributed by atoms with Crippen molar-refractivity contribution in [3.8, 4) is 0 Å². The lowest BCUT2D eigenvalue weighted by molar-refractivity contribution is 0.911. The number of halogens is 1. The molecule has 0 amide bonds. The highest BCUT2D eigenvalue weighted by molar-refractivity contribution is 5.85. The van der Waals surface area contributed by atoms with Crippen LogP contribution in [0.4, 0.5) is 0 Å². The van der Waals surface area contributed by atoms with Crippen molar-refractivity contribution in [3.05, 3.63) is 29.6 Å². The van der Waals surface area contributed by atoms with Gasteiger partial charge in [0.15, 0.2) is 11.9 Å². The fourth-order valence-corrected chi connectivity index (χ4v) is 1.05. The number of pyridine rings is 1. The number of hydrogen-bond donors (Lipinski definition) is 4. The Balaban J connectivity index is 0.00000256. The number of nitrogens with zero attached hydrogens (tertiary/aromatic N) is 3. The van der Waals surface area contributed by atoms with Crippen LogP contribution in [0, 0.1) is 0 Å². The van der Waals surface area contributed by atoms with Crippen molar-refractivity contribution in [3.63, 3.8) is 0 Å². The minimum Gasteiger partial charge on any atom is -0.370 e. The Kier molecular flexibility index (Phi) is 6.42. The lowest BCUT2D eigenvalue weighted by atomic mass is 10.3. The van der Waals surface area contributed by atoms with Crippen LogP contribution in [0.1, 0.15) is 11.4 Å². The molecule has 1 aromatic heterocycles. The molecule has 0 saturated heterocycles. The van der Waals surface area contributed by atoms with Crippen LogP contribution in [-0.4, -0.2) is 16.9 Å². The van der Waals surface area contributed by atoms with Gasteiger partial charge in [0, 0.05) is 0 Å². The van der Waals surface area contributed by atoms with Gasteiger partial charge in [0.2, 0.25) is 0 Å². The molecule has 0 atom stereocenters. The third-order valence-corrected chi connectivity index (χ3v) is 1.71. The van der Waals surface area contributed by atoms with E-state index in [-0.39, 0.29) is 24.3 Å². The third-order valence-electron chi connectivity index (χ3n) is 1.71. The second-order valence-electron chi connectivity index (χ2n) is 3.10. The van der Waals surface area contributed by atoms with Crippen molar-refractivity contribution in [2.45, 2.75) is 13.1 Å². The fraction of sp³-hybridized carbons (Fsp3) is 0.222. The Morgan fingerprint density at radius 2 is 1.35 bits per heavy atom. The molecule has 1 aromatic rings. The van der Waals surface area contributed by atoms with Crippen molar-refractivity contribution in [1.82, 2.24) is 4.98 Å². The minimum absolute atomic E-state index is 0. The van der Waals surface area contributed by atoms with Gasteiger partial charge in [-0.05, 0) is 12.1 Å². The summed E-state index contributed by atoms with van der Waals surface area (Å²) in [6.45, 7) is 0.690. The molecule has 0 aliphatic rings. The first-order valence-electron chi connectivity index (χ1n) is 4.63. The summed E-state index contributed by atoms with van der Waals surface area (Å²) in [4.78, 5) is 12.0. The van der Waals surface area contributed by atoms with Gasteiger partial charge in [-0.3, -0.25) is 4.98 Å². The molecular formula is C9H16ClN7. The summed E-state index contributed by atoms with van der Waals surface area (Å²) in [5, 5.41) is 0. The molecule has 7 nitrogen and oxygen atoms in total. The Morgan fingerprint density at radius 1 is 0.941 bits per heavy atom. The van der Waals surface area contributed by atoms with Crippen molar-refractivity contribution < 1.29 is 0 Å². The molecule has 0 aromatic carbocycles. The quantitative estimate of drug-likeness (QED) is 0.406. The van der Waals surface area contributed by atoms with E-state index in [4.69, 9.17) is 22.9 Å². The molecule has 0 aliphatic carbocycles. The summed E-state index contributed by atoms with van der Waals surface area (Å²) in [5.74, 6) is 0.0767. The Hall–Kier alpha value is -2.02. The highest BCUT2D eigenvalue weighted by atomic mass is 35.5. The van der Waals surface area contributed by atoms with Crippen LogP contribution in [0.5, 0.6) is 0 Å². The highest BCUT2D eigenvalue weighted by Crippen LogP contribution is 2.02. The van der Waals surface area contributed by atoms with Crippen molar-refractivity contribution >= 4 is 24.3 Å². The van der Waals surface area contributed by atoms with Crippen LogP contribution < -0.4 is 22.9 Å². The maximum absolute atomic E-state index is 5.22. The summed E-state index contributed by atoms with van der Waals surface area (Å²) in [5.41, 5.74) is 22.4. The van der Waals surface area contributed by atoms with Crippen LogP contribution in [0.15, 0.2) is 28.2 Å². The fourth-order valence-electron chi connectivity index (χ4n) is 1.05. The third kappa shape index (κ3) is 6.21. The SMILES string of the molecule is Cl.NC(N)=NCc1cccc(CN=C(N)N)n1. The van der Waals surface area contributed by atoms with Gasteiger partial charge in [0.25, 0.3) is 0 Å². The molecule has 0 spiro atoms. The van der Waals surface area contributed by atoms with Crippen LogP contribution in [0.25, 0.3) is 0 Å². The zero-order valence-electron chi connectivity index (χ0n) is 9.21. The molecule has 1 heterocycles. The topological polar surface area (TPSA) is 142 Å². The molecule has 0 fully saturated rings. The van der Waals surface area contributed by atoms with Gasteiger partial charge in [-0.2, -0.15) is 0 Å². The molecule has 17 heavy (non-hydrogen) atoms. The van der Waals surface area contributed by atoms with Crippen LogP contribution in [-0.2, 0) is 13.1 Å². The molecule has 8 heteroatoms. The lowest BCUT2D eigenvalue weighted by Crippen LogP contribution is -2.23. The predicted octanol–water partition coefficient (Wildman–Crippen LogP) is -0.950. The second-order valence-corrected chi connectivity index (χ2v) is 3.10. The largest absolute Gasteiger partial charge is 0.370 e. The Morgan fingerprint density at radius 3 is 1.71 bits per heavy atom. The average Bonchev–Trinajstić information content (AvgIpc) is 2.24. The second kappa shape index (κ2) is 7.29. The van der Waals surface area contributed by atoms with Gasteiger partial charge in [-0.15, -0.1) is 12.4 Å². The van der Waals surface area contributed by atoms with Gasteiger partial charge in [0.1, 0.15) is 0 Å². The first-order chi connectivity index (χ1) is 7.58. The van der Waals surface area contributed by atoms with E-state index >= 15 is 0 Å². The van der Waals surface area contributed by atoms with Crippen molar-refractivity contribution in [1.29, 1.82) is 0 Å². The van der Waals surface area contributed by atoms with E-state index in [0.29, 0.717) is 13.1 Å². The van der Waals surface area contributed by atoms with Gasteiger partial charge < -0.3 is 22.9 Å². The molecule has 0 radical (unpaired) electrons. The van der Waals surface area contributed by atoms with E-state index in [1.54, 1.807) is 0 Å². The normalized spacial score (nSPS) is 8.94. The minimum atomic E-state index is 0. The highest BCUT2D eigenvalue weighted by Gasteiger charge is 1.97. The van der Waals surface area contributed by atoms with Crippen LogP contribution >= 0.6 is 12.4 Å². The Labute approximate surface area is 105 Å². The zero-order chi connectivity index (χ0) is 12.0. The zero-order valence-corrected chi connectivity index (χ0v) is 10.0. The number of aliphatic imine (C=N–C) groups is 2. The number of aromatic nitrogens is 1. The smallest absolute Gasteiger partial charge is 0.186 e. The van der Waals surface area contributed by atoms with Crippen molar-refractivity contribution in [2.24, 2.45) is 32.9 Å². The van der Waals surface area contributed by atoms with Gasteiger partial charge >= 0.3 is 0 Å². The number of hydrogen-bond acceptors (Lipinski definition) is 3. The average molecular weight is 258 g/mol. The summed E-state index contributed by atoms with van der Waals surface area (Å²) in [7, 11) is 0. The summed E-state index contributed by atoms with van der Waals surface area (Å²) >= 11 is 0. The number of rotatable bonds is 4. The van der Waals surface area contributed by atoms with E-state index in [2.05, 4.69) is 15.0 Å². The molecular weight excluding hydrogens is 242 g/mol.